The second kappa shape index (κ2) is 7.34. The number of aryl methyl sites for hydroxylation is 1. The molecule has 0 unspecified atom stereocenters. The fourth-order valence-electron chi connectivity index (χ4n) is 3.17. The van der Waals surface area contributed by atoms with E-state index in [2.05, 4.69) is 34.9 Å². The van der Waals surface area contributed by atoms with Crippen molar-refractivity contribution in [1.82, 2.24) is 34.6 Å². The molecule has 3 aromatic rings. The van der Waals surface area contributed by atoms with Crippen LogP contribution < -0.4 is 4.90 Å². The summed E-state index contributed by atoms with van der Waals surface area (Å²) in [6, 6.07) is 0. The van der Waals surface area contributed by atoms with Crippen LogP contribution in [0.2, 0.25) is 0 Å². The maximum absolute atomic E-state index is 5.21. The Balaban J connectivity index is 1.45. The molecule has 1 aliphatic rings. The van der Waals surface area contributed by atoms with Crippen LogP contribution in [0.15, 0.2) is 17.2 Å². The van der Waals surface area contributed by atoms with Crippen LogP contribution in [0.3, 0.4) is 0 Å². The largest absolute Gasteiger partial charge is 0.383 e. The number of hydrogen-bond acceptors (Lipinski definition) is 9. The summed E-state index contributed by atoms with van der Waals surface area (Å²) < 4.78 is 12.4. The van der Waals surface area contributed by atoms with Gasteiger partial charge in [-0.1, -0.05) is 5.16 Å². The fourth-order valence-corrected chi connectivity index (χ4v) is 3.17. The predicted molar refractivity (Wildman–Crippen MR) is 93.7 cm³/mol. The van der Waals surface area contributed by atoms with Crippen LogP contribution in [0.5, 0.6) is 0 Å². The molecule has 4 rings (SSSR count). The Labute approximate surface area is 150 Å². The van der Waals surface area contributed by atoms with E-state index in [4.69, 9.17) is 9.26 Å². The van der Waals surface area contributed by atoms with E-state index in [1.807, 2.05) is 11.5 Å². The first-order chi connectivity index (χ1) is 12.7. The first-order valence-corrected chi connectivity index (χ1v) is 8.66. The number of rotatable bonds is 6. The third kappa shape index (κ3) is 3.37. The molecule has 138 valence electrons. The van der Waals surface area contributed by atoms with Gasteiger partial charge in [-0.2, -0.15) is 4.98 Å². The summed E-state index contributed by atoms with van der Waals surface area (Å²) in [7, 11) is 1.69. The number of ether oxygens (including phenoxy) is 1. The van der Waals surface area contributed by atoms with Gasteiger partial charge in [0.25, 0.3) is 0 Å². The molecule has 1 saturated heterocycles. The number of imidazole rings is 1. The molecule has 3 aromatic heterocycles. The Morgan fingerprint density at radius 1 is 1.15 bits per heavy atom. The minimum atomic E-state index is 0.624. The van der Waals surface area contributed by atoms with Gasteiger partial charge in [-0.05, 0) is 6.92 Å². The zero-order valence-electron chi connectivity index (χ0n) is 15.0. The van der Waals surface area contributed by atoms with Crippen LogP contribution in [-0.4, -0.2) is 74.5 Å². The Morgan fingerprint density at radius 2 is 2.00 bits per heavy atom. The molecule has 0 bridgehead atoms. The lowest BCUT2D eigenvalue weighted by atomic mass is 10.3. The first-order valence-electron chi connectivity index (χ1n) is 8.66. The number of piperazine rings is 1. The van der Waals surface area contributed by atoms with Crippen molar-refractivity contribution < 1.29 is 9.26 Å². The van der Waals surface area contributed by atoms with Crippen LogP contribution >= 0.6 is 0 Å². The van der Waals surface area contributed by atoms with Gasteiger partial charge in [0.15, 0.2) is 22.8 Å². The number of fused-ring (bicyclic) bond motifs is 1. The van der Waals surface area contributed by atoms with Crippen LogP contribution in [0.4, 0.5) is 5.82 Å². The van der Waals surface area contributed by atoms with E-state index in [-0.39, 0.29) is 0 Å². The van der Waals surface area contributed by atoms with Crippen molar-refractivity contribution in [3.8, 4) is 0 Å². The lowest BCUT2D eigenvalue weighted by Gasteiger charge is -2.34. The molecule has 26 heavy (non-hydrogen) atoms. The average Bonchev–Trinajstić information content (AvgIpc) is 3.26. The average molecular weight is 358 g/mol. The van der Waals surface area contributed by atoms with Crippen molar-refractivity contribution in [3.63, 3.8) is 0 Å². The molecule has 0 aromatic carbocycles. The van der Waals surface area contributed by atoms with Gasteiger partial charge in [-0.3, -0.25) is 4.90 Å². The summed E-state index contributed by atoms with van der Waals surface area (Å²) in [6.45, 7) is 7.39. The second-order valence-corrected chi connectivity index (χ2v) is 6.30. The highest BCUT2D eigenvalue weighted by atomic mass is 16.5. The van der Waals surface area contributed by atoms with Gasteiger partial charge in [-0.25, -0.2) is 15.0 Å². The van der Waals surface area contributed by atoms with E-state index in [9.17, 15) is 0 Å². The quantitative estimate of drug-likeness (QED) is 0.623. The second-order valence-electron chi connectivity index (χ2n) is 6.30. The highest BCUT2D eigenvalue weighted by Gasteiger charge is 2.22. The summed E-state index contributed by atoms with van der Waals surface area (Å²) in [5.41, 5.74) is 1.68. The minimum Gasteiger partial charge on any atom is -0.383 e. The highest BCUT2D eigenvalue weighted by molar-refractivity contribution is 5.83. The molecule has 0 radical (unpaired) electrons. The van der Waals surface area contributed by atoms with Crippen molar-refractivity contribution in [2.24, 2.45) is 0 Å². The Bertz CT molecular complexity index is 868. The number of hydrogen-bond donors (Lipinski definition) is 0. The summed E-state index contributed by atoms with van der Waals surface area (Å²) in [5.74, 6) is 2.22. The topological polar surface area (TPSA) is 98.2 Å². The van der Waals surface area contributed by atoms with Gasteiger partial charge in [0.05, 0.1) is 19.5 Å². The molecule has 0 saturated carbocycles. The normalized spacial score (nSPS) is 15.8. The van der Waals surface area contributed by atoms with Gasteiger partial charge in [0.1, 0.15) is 6.33 Å². The van der Waals surface area contributed by atoms with Crippen molar-refractivity contribution >= 4 is 17.0 Å². The van der Waals surface area contributed by atoms with Gasteiger partial charge in [-0.15, -0.1) is 0 Å². The number of methoxy groups -OCH3 is 1. The summed E-state index contributed by atoms with van der Waals surface area (Å²) in [5, 5.41) is 3.84. The SMILES string of the molecule is COCCn1cnc2c(N3CCN(Cc4nc(C)no4)CC3)ncnc21. The van der Waals surface area contributed by atoms with E-state index in [0.717, 1.165) is 49.7 Å². The van der Waals surface area contributed by atoms with Gasteiger partial charge >= 0.3 is 0 Å². The summed E-state index contributed by atoms with van der Waals surface area (Å²) in [6.07, 6.45) is 3.41. The monoisotopic (exact) mass is 358 g/mol. The summed E-state index contributed by atoms with van der Waals surface area (Å²) >= 11 is 0. The molecule has 4 heterocycles. The third-order valence-corrected chi connectivity index (χ3v) is 4.52. The van der Waals surface area contributed by atoms with E-state index < -0.39 is 0 Å². The summed E-state index contributed by atoms with van der Waals surface area (Å²) in [4.78, 5) is 22.2. The molecule has 10 heteroatoms. The lowest BCUT2D eigenvalue weighted by molar-refractivity contribution is 0.188. The third-order valence-electron chi connectivity index (χ3n) is 4.52. The molecule has 0 N–H and O–H groups in total. The minimum absolute atomic E-state index is 0.624. The maximum atomic E-state index is 5.21. The maximum Gasteiger partial charge on any atom is 0.240 e. The lowest BCUT2D eigenvalue weighted by Crippen LogP contribution is -2.46. The van der Waals surface area contributed by atoms with Gasteiger partial charge in [0.2, 0.25) is 5.89 Å². The van der Waals surface area contributed by atoms with Gasteiger partial charge in [0, 0.05) is 39.8 Å². The molecule has 1 fully saturated rings. The van der Waals surface area contributed by atoms with Crippen molar-refractivity contribution in [1.29, 1.82) is 0 Å². The van der Waals surface area contributed by atoms with Crippen molar-refractivity contribution in [3.05, 3.63) is 24.4 Å². The van der Waals surface area contributed by atoms with Crippen LogP contribution in [0.1, 0.15) is 11.7 Å². The molecule has 0 spiro atoms. The number of anilines is 1. The molecule has 0 aliphatic carbocycles. The van der Waals surface area contributed by atoms with Gasteiger partial charge < -0.3 is 18.7 Å². The first kappa shape index (κ1) is 16.9. The van der Waals surface area contributed by atoms with E-state index in [1.165, 1.54) is 0 Å². The zero-order valence-corrected chi connectivity index (χ0v) is 15.0. The van der Waals surface area contributed by atoms with E-state index in [0.29, 0.717) is 24.9 Å². The van der Waals surface area contributed by atoms with Crippen LogP contribution in [0.25, 0.3) is 11.2 Å². The van der Waals surface area contributed by atoms with E-state index in [1.54, 1.807) is 19.8 Å². The smallest absolute Gasteiger partial charge is 0.240 e. The number of aromatic nitrogens is 6. The molecule has 0 amide bonds. The zero-order chi connectivity index (χ0) is 17.9. The highest BCUT2D eigenvalue weighted by Crippen LogP contribution is 2.22. The van der Waals surface area contributed by atoms with Crippen LogP contribution in [-0.2, 0) is 17.8 Å². The fraction of sp³-hybridized carbons (Fsp3) is 0.562. The number of nitrogens with zero attached hydrogens (tertiary/aromatic N) is 8. The van der Waals surface area contributed by atoms with Crippen LogP contribution in [0, 0.1) is 6.92 Å². The molecule has 1 aliphatic heterocycles. The Morgan fingerprint density at radius 3 is 2.73 bits per heavy atom. The van der Waals surface area contributed by atoms with E-state index >= 15 is 0 Å². The predicted octanol–water partition coefficient (Wildman–Crippen LogP) is 0.486. The molecule has 10 nitrogen and oxygen atoms in total. The molecular formula is C16H22N8O2. The van der Waals surface area contributed by atoms with Crippen molar-refractivity contribution in [2.45, 2.75) is 20.0 Å². The Kier molecular flexibility index (Phi) is 4.76. The Hall–Kier alpha value is -2.59. The molecule has 0 atom stereocenters. The molecular weight excluding hydrogens is 336 g/mol. The van der Waals surface area contributed by atoms with Crippen molar-refractivity contribution in [2.75, 3.05) is 44.8 Å². The standard InChI is InChI=1S/C16H22N8O2/c1-12-20-13(26-21-12)9-22-3-5-23(6-4-22)15-14-16(18-10-17-15)24(11-19-14)7-8-25-2/h10-11H,3-9H2,1-2H3.